The van der Waals surface area contributed by atoms with Crippen molar-refractivity contribution in [3.8, 4) is 0 Å². The van der Waals surface area contributed by atoms with Gasteiger partial charge in [0.15, 0.2) is 5.82 Å². The summed E-state index contributed by atoms with van der Waals surface area (Å²) in [7, 11) is 0. The molecule has 1 fully saturated rings. The van der Waals surface area contributed by atoms with Crippen LogP contribution in [0.3, 0.4) is 0 Å². The Morgan fingerprint density at radius 1 is 1.64 bits per heavy atom. The maximum absolute atomic E-state index is 12.3. The number of carbonyl (C=O) groups is 1. The number of piperidine rings is 1. The lowest BCUT2D eigenvalue weighted by molar-refractivity contribution is 0.176. The highest BCUT2D eigenvalue weighted by Crippen LogP contribution is 2.28. The summed E-state index contributed by atoms with van der Waals surface area (Å²) in [5.74, 6) is 1.65. The van der Waals surface area contributed by atoms with Gasteiger partial charge >= 0.3 is 6.03 Å². The first-order valence-corrected chi connectivity index (χ1v) is 8.45. The Bertz CT molecular complexity index is 657. The minimum atomic E-state index is -0.103. The lowest BCUT2D eigenvalue weighted by Crippen LogP contribution is -2.42. The molecule has 2 aromatic heterocycles. The zero-order valence-electron chi connectivity index (χ0n) is 12.2. The maximum atomic E-state index is 12.3. The van der Waals surface area contributed by atoms with Gasteiger partial charge in [-0.25, -0.2) is 4.79 Å². The van der Waals surface area contributed by atoms with Crippen molar-refractivity contribution in [1.29, 1.82) is 0 Å². The molecule has 1 saturated heterocycles. The number of urea groups is 1. The highest BCUT2D eigenvalue weighted by Gasteiger charge is 2.25. The molecule has 0 aliphatic carbocycles. The van der Waals surface area contributed by atoms with E-state index in [1.165, 1.54) is 11.3 Å². The van der Waals surface area contributed by atoms with E-state index in [-0.39, 0.29) is 6.03 Å². The molecule has 8 heteroatoms. The molecule has 1 aliphatic rings. The number of halogens is 1. The molecule has 0 aromatic carbocycles. The number of nitrogens with one attached hydrogen (secondary N) is 1. The SMILES string of the molecule is Cc1nc(CC2CCCN(C(=O)Nc3ccsc3Cl)C2)no1. The van der Waals surface area contributed by atoms with Crippen LogP contribution in [0.15, 0.2) is 16.0 Å². The summed E-state index contributed by atoms with van der Waals surface area (Å²) >= 11 is 7.42. The van der Waals surface area contributed by atoms with Gasteiger partial charge in [-0.1, -0.05) is 16.8 Å². The standard InChI is InChI=1S/C14H17ClN4O2S/c1-9-16-12(18-21-9)7-10-3-2-5-19(8-10)14(20)17-11-4-6-22-13(11)15/h4,6,10H,2-3,5,7-8H2,1H3,(H,17,20). The molecule has 1 aliphatic heterocycles. The van der Waals surface area contributed by atoms with E-state index in [0.717, 1.165) is 25.8 Å². The molecule has 6 nitrogen and oxygen atoms in total. The second-order valence-electron chi connectivity index (χ2n) is 5.43. The lowest BCUT2D eigenvalue weighted by atomic mass is 9.95. The van der Waals surface area contributed by atoms with Crippen LogP contribution in [-0.2, 0) is 6.42 Å². The van der Waals surface area contributed by atoms with E-state index < -0.39 is 0 Å². The average molecular weight is 341 g/mol. The number of anilines is 1. The molecule has 1 unspecified atom stereocenters. The Morgan fingerprint density at radius 3 is 3.18 bits per heavy atom. The van der Waals surface area contributed by atoms with Crippen LogP contribution in [-0.4, -0.2) is 34.2 Å². The summed E-state index contributed by atoms with van der Waals surface area (Å²) in [6.45, 7) is 3.23. The highest BCUT2D eigenvalue weighted by molar-refractivity contribution is 7.15. The second kappa shape index (κ2) is 6.66. The topological polar surface area (TPSA) is 71.3 Å². The molecular weight excluding hydrogens is 324 g/mol. The minimum absolute atomic E-state index is 0.103. The van der Waals surface area contributed by atoms with Crippen LogP contribution in [0, 0.1) is 12.8 Å². The third-order valence-corrected chi connectivity index (χ3v) is 4.88. The molecular formula is C14H17ClN4O2S. The van der Waals surface area contributed by atoms with Gasteiger partial charge in [0.1, 0.15) is 4.34 Å². The molecule has 2 amide bonds. The van der Waals surface area contributed by atoms with Crippen LogP contribution in [0.4, 0.5) is 10.5 Å². The Labute approximate surface area is 137 Å². The monoisotopic (exact) mass is 340 g/mol. The van der Waals surface area contributed by atoms with Crippen molar-refractivity contribution in [2.75, 3.05) is 18.4 Å². The first-order chi connectivity index (χ1) is 10.6. The number of rotatable bonds is 3. The summed E-state index contributed by atoms with van der Waals surface area (Å²) in [6, 6.07) is 1.71. The number of hydrogen-bond acceptors (Lipinski definition) is 5. The largest absolute Gasteiger partial charge is 0.340 e. The molecule has 0 bridgehead atoms. The number of nitrogens with zero attached hydrogens (tertiary/aromatic N) is 3. The quantitative estimate of drug-likeness (QED) is 0.927. The number of hydrogen-bond donors (Lipinski definition) is 1. The maximum Gasteiger partial charge on any atom is 0.321 e. The molecule has 118 valence electrons. The van der Waals surface area contributed by atoms with E-state index in [1.807, 2.05) is 16.3 Å². The van der Waals surface area contributed by atoms with Gasteiger partial charge in [0.25, 0.3) is 0 Å². The molecule has 3 rings (SSSR count). The first-order valence-electron chi connectivity index (χ1n) is 7.20. The van der Waals surface area contributed by atoms with E-state index in [0.29, 0.717) is 34.2 Å². The molecule has 0 spiro atoms. The van der Waals surface area contributed by atoms with Crippen LogP contribution >= 0.6 is 22.9 Å². The third kappa shape index (κ3) is 3.59. The van der Waals surface area contributed by atoms with Crippen LogP contribution < -0.4 is 5.32 Å². The predicted molar refractivity (Wildman–Crippen MR) is 85.4 cm³/mol. The number of aromatic nitrogens is 2. The lowest BCUT2D eigenvalue weighted by Gasteiger charge is -2.32. The summed E-state index contributed by atoms with van der Waals surface area (Å²) in [4.78, 5) is 18.4. The van der Waals surface area contributed by atoms with Crippen molar-refractivity contribution < 1.29 is 9.32 Å². The Balaban J connectivity index is 1.58. The summed E-state index contributed by atoms with van der Waals surface area (Å²) in [5, 5.41) is 8.65. The van der Waals surface area contributed by atoms with Crippen LogP contribution in [0.1, 0.15) is 24.6 Å². The van der Waals surface area contributed by atoms with Gasteiger partial charge in [0, 0.05) is 26.4 Å². The fourth-order valence-electron chi connectivity index (χ4n) is 2.67. The molecule has 1 atom stereocenters. The van der Waals surface area contributed by atoms with Gasteiger partial charge in [-0.05, 0) is 30.2 Å². The summed E-state index contributed by atoms with van der Waals surface area (Å²) in [6.07, 6.45) is 2.78. The van der Waals surface area contributed by atoms with Gasteiger partial charge in [-0.2, -0.15) is 4.98 Å². The number of likely N-dealkylation sites (tertiary alicyclic amines) is 1. The Hall–Kier alpha value is -1.60. The van der Waals surface area contributed by atoms with Crippen LogP contribution in [0.5, 0.6) is 0 Å². The van der Waals surface area contributed by atoms with Gasteiger partial charge in [0.2, 0.25) is 5.89 Å². The van der Waals surface area contributed by atoms with Gasteiger partial charge in [0.05, 0.1) is 5.69 Å². The van der Waals surface area contributed by atoms with E-state index in [1.54, 1.807) is 6.92 Å². The van der Waals surface area contributed by atoms with E-state index in [9.17, 15) is 4.79 Å². The van der Waals surface area contributed by atoms with Crippen LogP contribution in [0.25, 0.3) is 0 Å². The number of aryl methyl sites for hydroxylation is 1. The van der Waals surface area contributed by atoms with Crippen LogP contribution in [0.2, 0.25) is 4.34 Å². The van der Waals surface area contributed by atoms with E-state index >= 15 is 0 Å². The number of amides is 2. The summed E-state index contributed by atoms with van der Waals surface area (Å²) in [5.41, 5.74) is 0.674. The second-order valence-corrected chi connectivity index (χ2v) is 6.94. The van der Waals surface area contributed by atoms with Crippen molar-refractivity contribution in [2.45, 2.75) is 26.2 Å². The number of thiophene rings is 1. The summed E-state index contributed by atoms with van der Waals surface area (Å²) < 4.78 is 5.60. The van der Waals surface area contributed by atoms with E-state index in [2.05, 4.69) is 15.5 Å². The fourth-order valence-corrected chi connectivity index (χ4v) is 3.51. The third-order valence-electron chi connectivity index (χ3n) is 3.71. The molecule has 0 saturated carbocycles. The van der Waals surface area contributed by atoms with Crippen molar-refractivity contribution in [1.82, 2.24) is 15.0 Å². The zero-order chi connectivity index (χ0) is 15.5. The Kier molecular flexibility index (Phi) is 4.63. The fraction of sp³-hybridized carbons (Fsp3) is 0.500. The molecule has 2 aromatic rings. The van der Waals surface area contributed by atoms with Gasteiger partial charge in [-0.15, -0.1) is 11.3 Å². The molecule has 3 heterocycles. The molecule has 1 N–H and O–H groups in total. The van der Waals surface area contributed by atoms with Crippen molar-refractivity contribution in [3.63, 3.8) is 0 Å². The normalized spacial score (nSPS) is 18.5. The minimum Gasteiger partial charge on any atom is -0.340 e. The van der Waals surface area contributed by atoms with E-state index in [4.69, 9.17) is 16.1 Å². The van der Waals surface area contributed by atoms with Crippen molar-refractivity contribution in [3.05, 3.63) is 27.5 Å². The van der Waals surface area contributed by atoms with Crippen molar-refractivity contribution >= 4 is 34.7 Å². The predicted octanol–water partition coefficient (Wildman–Crippen LogP) is 3.58. The first kappa shape index (κ1) is 15.3. The number of carbonyl (C=O) groups excluding carboxylic acids is 1. The van der Waals surface area contributed by atoms with Gasteiger partial charge in [-0.3, -0.25) is 0 Å². The Morgan fingerprint density at radius 2 is 2.50 bits per heavy atom. The van der Waals surface area contributed by atoms with Gasteiger partial charge < -0.3 is 14.7 Å². The average Bonchev–Trinajstić information content (AvgIpc) is 3.08. The zero-order valence-corrected chi connectivity index (χ0v) is 13.8. The smallest absolute Gasteiger partial charge is 0.321 e. The molecule has 22 heavy (non-hydrogen) atoms. The van der Waals surface area contributed by atoms with Crippen molar-refractivity contribution in [2.24, 2.45) is 5.92 Å². The highest BCUT2D eigenvalue weighted by atomic mass is 35.5. The molecule has 0 radical (unpaired) electrons.